The van der Waals surface area contributed by atoms with Crippen LogP contribution < -0.4 is 20.7 Å². The van der Waals surface area contributed by atoms with E-state index in [2.05, 4.69) is 29.8 Å². The fourth-order valence-corrected chi connectivity index (χ4v) is 3.53. The van der Waals surface area contributed by atoms with Crippen molar-refractivity contribution in [2.75, 3.05) is 19.7 Å². The first-order chi connectivity index (χ1) is 13.6. The molecule has 1 fully saturated rings. The number of aliphatic imine (C=N–C) groups is 1. The number of carbonyl (C=O) groups is 1. The molecule has 1 aliphatic rings. The molecule has 0 spiro atoms. The van der Waals surface area contributed by atoms with Gasteiger partial charge in [-0.05, 0) is 63.1 Å². The highest BCUT2D eigenvalue weighted by molar-refractivity contribution is 5.80. The smallest absolute Gasteiger partial charge is 0.257 e. The van der Waals surface area contributed by atoms with Gasteiger partial charge in [0, 0.05) is 19.1 Å². The van der Waals surface area contributed by atoms with Crippen molar-refractivity contribution < 1.29 is 9.53 Å². The Bertz CT molecular complexity index is 625. The number of likely N-dealkylation sites (N-methyl/N-ethyl adjacent to an activating group) is 1. The van der Waals surface area contributed by atoms with Gasteiger partial charge in [-0.25, -0.2) is 4.99 Å². The highest BCUT2D eigenvalue weighted by Gasteiger charge is 2.20. The fourth-order valence-electron chi connectivity index (χ4n) is 3.53. The molecule has 0 unspecified atom stereocenters. The molecule has 156 valence electrons. The Morgan fingerprint density at radius 1 is 1.11 bits per heavy atom. The molecule has 6 heteroatoms. The molecule has 0 bridgehead atoms. The van der Waals surface area contributed by atoms with E-state index < -0.39 is 0 Å². The van der Waals surface area contributed by atoms with Crippen molar-refractivity contribution in [3.8, 4) is 5.75 Å². The number of nitrogens with one attached hydrogen (secondary N) is 3. The molecule has 0 heterocycles. The van der Waals surface area contributed by atoms with Crippen LogP contribution in [0.3, 0.4) is 0 Å². The number of guanidine groups is 1. The molecule has 2 rings (SSSR count). The lowest BCUT2D eigenvalue weighted by Crippen LogP contribution is -2.44. The van der Waals surface area contributed by atoms with Crippen LogP contribution in [0.5, 0.6) is 5.75 Å². The third-order valence-electron chi connectivity index (χ3n) is 5.17. The lowest BCUT2D eigenvalue weighted by atomic mass is 9.84. The Hall–Kier alpha value is -2.24. The first-order valence-corrected chi connectivity index (χ1v) is 10.7. The molecule has 1 aliphatic carbocycles. The summed E-state index contributed by atoms with van der Waals surface area (Å²) >= 11 is 0. The Balaban J connectivity index is 1.89. The minimum Gasteiger partial charge on any atom is -0.484 e. The van der Waals surface area contributed by atoms with Crippen LogP contribution in [0, 0.1) is 5.92 Å². The van der Waals surface area contributed by atoms with Crippen molar-refractivity contribution >= 4 is 11.9 Å². The van der Waals surface area contributed by atoms with E-state index in [9.17, 15) is 4.79 Å². The molecular formula is C22H36N4O2. The quantitative estimate of drug-likeness (QED) is 0.448. The molecule has 0 aliphatic heterocycles. The van der Waals surface area contributed by atoms with Crippen molar-refractivity contribution in [2.45, 2.75) is 65.5 Å². The summed E-state index contributed by atoms with van der Waals surface area (Å²) in [4.78, 5) is 16.3. The van der Waals surface area contributed by atoms with Crippen LogP contribution in [0.15, 0.2) is 29.3 Å². The molecule has 0 saturated heterocycles. The van der Waals surface area contributed by atoms with Gasteiger partial charge >= 0.3 is 0 Å². The molecular weight excluding hydrogens is 352 g/mol. The Labute approximate surface area is 169 Å². The first kappa shape index (κ1) is 22.1. The molecule has 0 atom stereocenters. The minimum atomic E-state index is -0.109. The Morgan fingerprint density at radius 2 is 1.86 bits per heavy atom. The van der Waals surface area contributed by atoms with Crippen molar-refractivity contribution in [3.05, 3.63) is 29.8 Å². The third-order valence-corrected chi connectivity index (χ3v) is 5.17. The Kier molecular flexibility index (Phi) is 9.66. The topological polar surface area (TPSA) is 74.8 Å². The lowest BCUT2D eigenvalue weighted by Gasteiger charge is -2.29. The summed E-state index contributed by atoms with van der Waals surface area (Å²) in [5.74, 6) is 2.34. The number of ether oxygens (including phenoxy) is 1. The molecule has 1 aromatic rings. The maximum Gasteiger partial charge on any atom is 0.257 e. The second kappa shape index (κ2) is 12.3. The first-order valence-electron chi connectivity index (χ1n) is 10.7. The molecule has 1 amide bonds. The van der Waals surface area contributed by atoms with E-state index in [1.807, 2.05) is 31.2 Å². The van der Waals surface area contributed by atoms with Gasteiger partial charge in [0.25, 0.3) is 5.91 Å². The minimum absolute atomic E-state index is 0.0329. The number of hydrogen-bond donors (Lipinski definition) is 3. The predicted octanol–water partition coefficient (Wildman–Crippen LogP) is 3.23. The van der Waals surface area contributed by atoms with Gasteiger partial charge in [-0.15, -0.1) is 0 Å². The summed E-state index contributed by atoms with van der Waals surface area (Å²) in [5, 5.41) is 9.67. The maximum atomic E-state index is 11.5. The average molecular weight is 389 g/mol. The summed E-state index contributed by atoms with van der Waals surface area (Å²) in [6.45, 7) is 8.31. The van der Waals surface area contributed by atoms with Crippen LogP contribution in [0.25, 0.3) is 0 Å². The van der Waals surface area contributed by atoms with Gasteiger partial charge in [0.1, 0.15) is 5.75 Å². The number of benzene rings is 1. The standard InChI is InChI=1S/C22H36N4O2/c1-4-17-10-12-19(13-11-17)26-22(24-6-3)25-15-18-8-7-9-20(14-18)28-16-21(27)23-5-2/h7-9,14,17,19H,4-6,10-13,15-16H2,1-3H3,(H,23,27)(H2,24,25,26). The van der Waals surface area contributed by atoms with Crippen molar-refractivity contribution in [2.24, 2.45) is 10.9 Å². The van der Waals surface area contributed by atoms with Crippen LogP contribution in [0.2, 0.25) is 0 Å². The zero-order chi connectivity index (χ0) is 20.2. The zero-order valence-electron chi connectivity index (χ0n) is 17.6. The van der Waals surface area contributed by atoms with Crippen molar-refractivity contribution in [1.29, 1.82) is 0 Å². The molecule has 28 heavy (non-hydrogen) atoms. The van der Waals surface area contributed by atoms with Gasteiger partial charge in [-0.1, -0.05) is 25.5 Å². The SMILES string of the molecule is CCNC(=O)COc1cccc(CN=C(NCC)NC2CCC(CC)CC2)c1. The van der Waals surface area contributed by atoms with E-state index in [1.165, 1.54) is 32.1 Å². The largest absolute Gasteiger partial charge is 0.484 e. The summed E-state index contributed by atoms with van der Waals surface area (Å²) < 4.78 is 5.57. The van der Waals surface area contributed by atoms with Crippen LogP contribution in [0.4, 0.5) is 0 Å². The van der Waals surface area contributed by atoms with Gasteiger partial charge in [0.2, 0.25) is 0 Å². The lowest BCUT2D eigenvalue weighted by molar-refractivity contribution is -0.122. The number of hydrogen-bond acceptors (Lipinski definition) is 3. The number of rotatable bonds is 9. The van der Waals surface area contributed by atoms with E-state index in [4.69, 9.17) is 9.73 Å². The van der Waals surface area contributed by atoms with Crippen LogP contribution in [-0.4, -0.2) is 37.6 Å². The highest BCUT2D eigenvalue weighted by Crippen LogP contribution is 2.26. The van der Waals surface area contributed by atoms with Crippen LogP contribution in [-0.2, 0) is 11.3 Å². The van der Waals surface area contributed by atoms with Gasteiger partial charge in [-0.2, -0.15) is 0 Å². The number of carbonyl (C=O) groups excluding carboxylic acids is 1. The van der Waals surface area contributed by atoms with Gasteiger partial charge in [0.05, 0.1) is 6.54 Å². The molecule has 6 nitrogen and oxygen atoms in total. The van der Waals surface area contributed by atoms with Gasteiger partial charge < -0.3 is 20.7 Å². The molecule has 1 saturated carbocycles. The van der Waals surface area contributed by atoms with Gasteiger partial charge in [0.15, 0.2) is 12.6 Å². The summed E-state index contributed by atoms with van der Waals surface area (Å²) in [6.07, 6.45) is 6.33. The summed E-state index contributed by atoms with van der Waals surface area (Å²) in [7, 11) is 0. The van der Waals surface area contributed by atoms with Crippen molar-refractivity contribution in [3.63, 3.8) is 0 Å². The molecule has 1 aromatic carbocycles. The van der Waals surface area contributed by atoms with E-state index in [0.717, 1.165) is 24.0 Å². The monoisotopic (exact) mass is 388 g/mol. The zero-order valence-corrected chi connectivity index (χ0v) is 17.6. The van der Waals surface area contributed by atoms with Crippen molar-refractivity contribution in [1.82, 2.24) is 16.0 Å². The highest BCUT2D eigenvalue weighted by atomic mass is 16.5. The molecule has 0 radical (unpaired) electrons. The maximum absolute atomic E-state index is 11.5. The van der Waals surface area contributed by atoms with Crippen LogP contribution in [0.1, 0.15) is 58.4 Å². The van der Waals surface area contributed by atoms with E-state index in [-0.39, 0.29) is 12.5 Å². The van der Waals surface area contributed by atoms with E-state index >= 15 is 0 Å². The number of nitrogens with zero attached hydrogens (tertiary/aromatic N) is 1. The van der Waals surface area contributed by atoms with E-state index in [0.29, 0.717) is 24.9 Å². The average Bonchev–Trinajstić information content (AvgIpc) is 2.72. The summed E-state index contributed by atoms with van der Waals surface area (Å²) in [5.41, 5.74) is 1.06. The van der Waals surface area contributed by atoms with Crippen LogP contribution >= 0.6 is 0 Å². The normalized spacial score (nSPS) is 19.8. The summed E-state index contributed by atoms with van der Waals surface area (Å²) in [6, 6.07) is 8.27. The predicted molar refractivity (Wildman–Crippen MR) is 115 cm³/mol. The second-order valence-corrected chi connectivity index (χ2v) is 7.35. The third kappa shape index (κ3) is 7.79. The molecule has 0 aromatic heterocycles. The fraction of sp³-hybridized carbons (Fsp3) is 0.636. The second-order valence-electron chi connectivity index (χ2n) is 7.35. The molecule has 3 N–H and O–H groups in total. The Morgan fingerprint density at radius 3 is 2.54 bits per heavy atom. The number of amides is 1. The van der Waals surface area contributed by atoms with Gasteiger partial charge in [-0.3, -0.25) is 4.79 Å². The van der Waals surface area contributed by atoms with E-state index in [1.54, 1.807) is 0 Å².